The van der Waals surface area contributed by atoms with E-state index in [1.807, 2.05) is 12.1 Å². The summed E-state index contributed by atoms with van der Waals surface area (Å²) >= 11 is 14.1. The standard InChI is InChI=1S/C76H93Cl2N8O23PS/c1-49(2)70(81-65(87)22-28-101-32-34-103-36-38-105-40-41-106-39-37-104-35-33-102-31-27-84-66(88)20-21-67(84)89)72(91)79-50(3)71(90)80-54-16-14-51(15-17-54)48-107-75(94)82(25-29-99-4)23-24-83(26-30-100-5)76(95)108-61-42-59-68(57-12-8-6-10-55(57)61)52(44-77)46-85(59)73(92)63-18-19-64(111-63)74(93)86-47-53(45-78)69-58-13-9-7-11-56(58)62(43-60(69)86)109-110(96,97)98/h6-21,42-43,49-50,52-53,70H,22-41,44-48H2,1-5H3,(H,79,91)(H,80,90)(H,81,87)(H2,96,97,98)/t50-,52+,53+,70?/m0/s1. The summed E-state index contributed by atoms with van der Waals surface area (Å²) in [4.78, 5) is 147. The molecule has 31 nitrogen and oxygen atoms in total. The van der Waals surface area contributed by atoms with Crippen LogP contribution in [0.1, 0.15) is 75.1 Å². The molecule has 0 bridgehead atoms. The lowest BCUT2D eigenvalue weighted by Crippen LogP contribution is -2.53. The molecule has 0 fully saturated rings. The third-order valence-corrected chi connectivity index (χ3v) is 20.4. The molecule has 1 aromatic heterocycles. The van der Waals surface area contributed by atoms with Gasteiger partial charge in [0.1, 0.15) is 30.2 Å². The smallest absolute Gasteiger partial charge is 0.445 e. The van der Waals surface area contributed by atoms with Gasteiger partial charge in [-0.25, -0.2) is 14.2 Å². The summed E-state index contributed by atoms with van der Waals surface area (Å²) in [5.74, 6) is -3.83. The van der Waals surface area contributed by atoms with E-state index >= 15 is 0 Å². The van der Waals surface area contributed by atoms with Crippen molar-refractivity contribution in [3.05, 3.63) is 136 Å². The van der Waals surface area contributed by atoms with E-state index in [4.69, 9.17) is 75.1 Å². The minimum atomic E-state index is -5.02. The Bertz CT molecular complexity index is 4280. The van der Waals surface area contributed by atoms with E-state index in [1.54, 1.807) is 97.6 Å². The number of halogens is 2. The Hall–Kier alpha value is -8.70. The molecule has 0 saturated carbocycles. The van der Waals surface area contributed by atoms with Crippen molar-refractivity contribution >= 4 is 135 Å². The van der Waals surface area contributed by atoms with E-state index in [9.17, 15) is 57.5 Å². The minimum Gasteiger partial charge on any atom is -0.445 e. The molecule has 600 valence electrons. The highest BCUT2D eigenvalue weighted by molar-refractivity contribution is 7.46. The number of alkyl halides is 2. The molecule has 111 heavy (non-hydrogen) atoms. The van der Waals surface area contributed by atoms with Gasteiger partial charge in [-0.05, 0) is 64.6 Å². The summed E-state index contributed by atoms with van der Waals surface area (Å²) in [6.07, 6.45) is 0.942. The van der Waals surface area contributed by atoms with Crippen molar-refractivity contribution in [1.29, 1.82) is 0 Å². The fraction of sp³-hybridized carbons (Fsp3) is 0.461. The zero-order valence-corrected chi connectivity index (χ0v) is 65.5. The van der Waals surface area contributed by atoms with Crippen molar-refractivity contribution in [3.8, 4) is 11.5 Å². The highest BCUT2D eigenvalue weighted by atomic mass is 35.5. The average Bonchev–Trinajstić information content (AvgIpc) is 1.61. The van der Waals surface area contributed by atoms with Gasteiger partial charge in [0, 0.05) is 124 Å². The molecule has 3 aliphatic rings. The summed E-state index contributed by atoms with van der Waals surface area (Å²) in [5.41, 5.74) is 3.25. The van der Waals surface area contributed by atoms with Crippen LogP contribution >= 0.6 is 42.4 Å². The molecule has 0 spiro atoms. The number of nitrogens with one attached hydrogen (secondary N) is 3. The Kier molecular flexibility index (Phi) is 33.3. The predicted octanol–water partition coefficient (Wildman–Crippen LogP) is 8.22. The monoisotopic (exact) mass is 1620 g/mol. The van der Waals surface area contributed by atoms with Crippen molar-refractivity contribution in [1.82, 2.24) is 25.3 Å². The van der Waals surface area contributed by atoms with Crippen LogP contribution in [0.5, 0.6) is 11.5 Å². The maximum Gasteiger partial charge on any atom is 0.524 e. The van der Waals surface area contributed by atoms with Crippen LogP contribution in [0.4, 0.5) is 26.7 Å². The topological polar surface area (TPSA) is 365 Å². The maximum atomic E-state index is 14.8. The number of benzene rings is 5. The van der Waals surface area contributed by atoms with Gasteiger partial charge in [0.2, 0.25) is 17.7 Å². The van der Waals surface area contributed by atoms with E-state index in [2.05, 4.69) is 16.0 Å². The number of carbonyl (C=O) groups excluding carboxylic acids is 9. The summed E-state index contributed by atoms with van der Waals surface area (Å²) < 4.78 is 72.9. The Morgan fingerprint density at radius 3 is 1.50 bits per heavy atom. The van der Waals surface area contributed by atoms with Crippen LogP contribution in [0.3, 0.4) is 0 Å². The van der Waals surface area contributed by atoms with Gasteiger partial charge in [-0.15, -0.1) is 34.5 Å². The zero-order chi connectivity index (χ0) is 79.6. The number of methoxy groups -OCH3 is 2. The van der Waals surface area contributed by atoms with Crippen LogP contribution in [-0.2, 0) is 77.8 Å². The van der Waals surface area contributed by atoms with Gasteiger partial charge in [0.15, 0.2) is 0 Å². The third-order valence-electron chi connectivity index (χ3n) is 18.1. The lowest BCUT2D eigenvalue weighted by molar-refractivity contribution is -0.137. The van der Waals surface area contributed by atoms with Crippen molar-refractivity contribution < 1.29 is 109 Å². The molecule has 9 amide bonds. The summed E-state index contributed by atoms with van der Waals surface area (Å²) in [7, 11) is -2.06. The van der Waals surface area contributed by atoms with Crippen LogP contribution in [0.25, 0.3) is 21.5 Å². The molecular formula is C76H93Cl2N8O23PS. The summed E-state index contributed by atoms with van der Waals surface area (Å²) in [6, 6.07) is 24.9. The number of fused-ring (bicyclic) bond motifs is 6. The van der Waals surface area contributed by atoms with Crippen molar-refractivity contribution in [2.45, 2.75) is 57.7 Å². The molecule has 1 unspecified atom stereocenters. The molecular weight excluding hydrogens is 1530 g/mol. The van der Waals surface area contributed by atoms with Crippen molar-refractivity contribution in [2.24, 2.45) is 5.92 Å². The Morgan fingerprint density at radius 2 is 1.03 bits per heavy atom. The number of phosphoric ester groups is 1. The molecule has 5 N–H and O–H groups in total. The summed E-state index contributed by atoms with van der Waals surface area (Å²) in [5, 5.41) is 10.5. The minimum absolute atomic E-state index is 0.0207. The first-order valence-corrected chi connectivity index (χ1v) is 39.5. The van der Waals surface area contributed by atoms with E-state index in [-0.39, 0.29) is 161 Å². The largest absolute Gasteiger partial charge is 0.524 e. The molecule has 0 aliphatic carbocycles. The van der Waals surface area contributed by atoms with Crippen LogP contribution in [0, 0.1) is 5.92 Å². The first kappa shape index (κ1) is 86.3. The highest BCUT2D eigenvalue weighted by Crippen LogP contribution is 2.50. The Balaban J connectivity index is 0.702. The molecule has 6 aromatic rings. The molecule has 9 rings (SSSR count). The second-order valence-electron chi connectivity index (χ2n) is 26.2. The number of hydrogen-bond donors (Lipinski definition) is 5. The quantitative estimate of drug-likeness (QED) is 0.0104. The SMILES string of the molecule is COCCN(CCN(CCOC)C(=O)Oc1cc2c(c3ccccc13)[C@H](CCl)CN2C(=O)c1ccc(C(=O)N2C[C@@H](CCl)c3c2cc(OP(=O)(O)O)c2ccccc32)s1)C(=O)OCc1ccc(NC(=O)[C@H](C)NC(=O)C(NC(=O)CCOCCOCCOCCOCCOCCOCCN2C(=O)C=CC2=O)C(C)C)cc1. The number of carbonyl (C=O) groups is 9. The number of hydrogen-bond acceptors (Lipinski definition) is 22. The van der Waals surface area contributed by atoms with Gasteiger partial charge in [-0.2, -0.15) is 0 Å². The first-order chi connectivity index (χ1) is 53.5. The van der Waals surface area contributed by atoms with Gasteiger partial charge in [-0.3, -0.25) is 48.2 Å². The number of thiophene rings is 1. The number of ether oxygens (including phenoxy) is 10. The van der Waals surface area contributed by atoms with Crippen molar-refractivity contribution in [3.63, 3.8) is 0 Å². The lowest BCUT2D eigenvalue weighted by Gasteiger charge is -2.27. The van der Waals surface area contributed by atoms with Gasteiger partial charge in [-0.1, -0.05) is 74.5 Å². The van der Waals surface area contributed by atoms with Crippen LogP contribution in [0.2, 0.25) is 0 Å². The number of amides is 9. The molecule has 4 atom stereocenters. The number of imide groups is 1. The van der Waals surface area contributed by atoms with E-state index in [0.29, 0.717) is 97.0 Å². The fourth-order valence-corrected chi connectivity index (χ4v) is 14.3. The fourth-order valence-electron chi connectivity index (χ4n) is 12.5. The second kappa shape index (κ2) is 42.8. The molecule has 0 radical (unpaired) electrons. The number of anilines is 3. The number of nitrogens with zero attached hydrogens (tertiary/aromatic N) is 5. The third kappa shape index (κ3) is 24.2. The number of phosphoric acid groups is 1. The first-order valence-electron chi connectivity index (χ1n) is 36.1. The van der Waals surface area contributed by atoms with E-state index < -0.39 is 61.6 Å². The van der Waals surface area contributed by atoms with Crippen LogP contribution in [-0.4, -0.2) is 254 Å². The molecule has 4 heterocycles. The zero-order valence-electron chi connectivity index (χ0n) is 62.3. The molecule has 5 aromatic carbocycles. The predicted molar refractivity (Wildman–Crippen MR) is 413 cm³/mol. The van der Waals surface area contributed by atoms with Gasteiger partial charge < -0.3 is 87.4 Å². The van der Waals surface area contributed by atoms with E-state index in [0.717, 1.165) is 27.4 Å². The molecule has 3 aliphatic heterocycles. The highest BCUT2D eigenvalue weighted by Gasteiger charge is 2.40. The van der Waals surface area contributed by atoms with Gasteiger partial charge in [0.25, 0.3) is 23.6 Å². The normalized spacial score (nSPS) is 15.1. The lowest BCUT2D eigenvalue weighted by atomic mass is 9.95. The molecule has 0 saturated heterocycles. The van der Waals surface area contributed by atoms with Crippen LogP contribution < -0.4 is 35.0 Å². The van der Waals surface area contributed by atoms with Crippen molar-refractivity contribution in [2.75, 3.05) is 179 Å². The maximum absolute atomic E-state index is 14.8. The van der Waals surface area contributed by atoms with Crippen LogP contribution in [0.15, 0.2) is 109 Å². The van der Waals surface area contributed by atoms with E-state index in [1.165, 1.54) is 54.1 Å². The number of rotatable bonds is 45. The Morgan fingerprint density at radius 1 is 0.568 bits per heavy atom. The average molecular weight is 1620 g/mol. The van der Waals surface area contributed by atoms with Gasteiger partial charge in [0.05, 0.1) is 120 Å². The Labute approximate surface area is 656 Å². The second-order valence-corrected chi connectivity index (χ2v) is 29.0. The summed E-state index contributed by atoms with van der Waals surface area (Å²) in [6.45, 7) is 9.28. The molecule has 35 heteroatoms. The van der Waals surface area contributed by atoms with Gasteiger partial charge >= 0.3 is 20.0 Å².